The van der Waals surface area contributed by atoms with Gasteiger partial charge in [-0.1, -0.05) is 17.4 Å². The molecule has 0 aliphatic heterocycles. The average Bonchev–Trinajstić information content (AvgIpc) is 3.10. The van der Waals surface area contributed by atoms with Crippen molar-refractivity contribution in [3.63, 3.8) is 0 Å². The zero-order valence-corrected chi connectivity index (χ0v) is 14.4. The summed E-state index contributed by atoms with van der Waals surface area (Å²) in [6.07, 6.45) is 3.55. The maximum Gasteiger partial charge on any atom is 0.335 e. The number of fused-ring (bicyclic) bond motifs is 3. The lowest BCUT2D eigenvalue weighted by Gasteiger charge is -2.10. The third-order valence-corrected chi connectivity index (χ3v) is 5.97. The number of nitrogens with zero attached hydrogens (tertiary/aromatic N) is 2. The first-order valence-corrected chi connectivity index (χ1v) is 9.00. The first-order valence-electron chi connectivity index (χ1n) is 8.19. The number of hydrogen-bond donors (Lipinski definition) is 2. The van der Waals surface area contributed by atoms with E-state index in [1.165, 1.54) is 17.4 Å². The van der Waals surface area contributed by atoms with E-state index in [4.69, 9.17) is 10.8 Å². The zero-order valence-electron chi connectivity index (χ0n) is 13.6. The molecule has 130 valence electrons. The number of hydrogen-bond acceptors (Lipinski definition) is 4. The number of carboxylic acids is 1. The molecule has 0 unspecified atom stereocenters. The van der Waals surface area contributed by atoms with Crippen molar-refractivity contribution >= 4 is 32.5 Å². The number of aromatic nitrogens is 2. The molecule has 0 atom stereocenters. The molecule has 1 aliphatic rings. The van der Waals surface area contributed by atoms with E-state index in [1.807, 2.05) is 10.5 Å². The van der Waals surface area contributed by atoms with E-state index in [2.05, 4.69) is 4.98 Å². The number of nitrogens with two attached hydrogens (primary N) is 1. The molecular formula is C19H14FN3O2S. The van der Waals surface area contributed by atoms with Crippen molar-refractivity contribution < 1.29 is 14.3 Å². The van der Waals surface area contributed by atoms with Gasteiger partial charge in [0.15, 0.2) is 4.96 Å². The van der Waals surface area contributed by atoms with Crippen LogP contribution in [0.15, 0.2) is 42.6 Å². The minimum atomic E-state index is -0.964. The Labute approximate surface area is 151 Å². The van der Waals surface area contributed by atoms with E-state index in [0.29, 0.717) is 16.2 Å². The van der Waals surface area contributed by atoms with Gasteiger partial charge in [-0.25, -0.2) is 14.2 Å². The van der Waals surface area contributed by atoms with Crippen LogP contribution in [0.3, 0.4) is 0 Å². The minimum Gasteiger partial charge on any atom is -0.478 e. The second-order valence-corrected chi connectivity index (χ2v) is 7.73. The lowest BCUT2D eigenvalue weighted by Crippen LogP contribution is -2.18. The maximum atomic E-state index is 14.6. The molecule has 4 aromatic rings. The van der Waals surface area contributed by atoms with Crippen molar-refractivity contribution in [2.24, 2.45) is 5.73 Å². The summed E-state index contributed by atoms with van der Waals surface area (Å²) in [4.78, 5) is 16.3. The quantitative estimate of drug-likeness (QED) is 0.573. The topological polar surface area (TPSA) is 80.6 Å². The molecule has 1 aliphatic carbocycles. The molecule has 1 fully saturated rings. The van der Waals surface area contributed by atoms with Gasteiger partial charge in [0.2, 0.25) is 0 Å². The van der Waals surface area contributed by atoms with E-state index in [9.17, 15) is 9.18 Å². The second kappa shape index (κ2) is 5.12. The Morgan fingerprint density at radius 1 is 1.27 bits per heavy atom. The molecule has 2 aromatic heterocycles. The molecular weight excluding hydrogens is 353 g/mol. The van der Waals surface area contributed by atoms with E-state index >= 15 is 0 Å². The predicted molar refractivity (Wildman–Crippen MR) is 98.0 cm³/mol. The summed E-state index contributed by atoms with van der Waals surface area (Å²) in [7, 11) is 0. The van der Waals surface area contributed by atoms with Crippen LogP contribution in [0.5, 0.6) is 0 Å². The molecule has 26 heavy (non-hydrogen) atoms. The number of halogens is 1. The number of rotatable bonds is 3. The summed E-state index contributed by atoms with van der Waals surface area (Å²) in [6, 6.07) is 10.0. The minimum absolute atomic E-state index is 0.236. The molecule has 7 heteroatoms. The van der Waals surface area contributed by atoms with Crippen LogP contribution in [-0.2, 0) is 5.54 Å². The third-order valence-electron chi connectivity index (χ3n) is 4.95. The number of benzene rings is 2. The first-order chi connectivity index (χ1) is 12.4. The summed E-state index contributed by atoms with van der Waals surface area (Å²) in [5.74, 6) is -1.29. The van der Waals surface area contributed by atoms with Crippen molar-refractivity contribution in [2.75, 3.05) is 0 Å². The fourth-order valence-electron chi connectivity index (χ4n) is 3.22. The van der Waals surface area contributed by atoms with Crippen molar-refractivity contribution in [2.45, 2.75) is 18.4 Å². The van der Waals surface area contributed by atoms with Gasteiger partial charge in [-0.2, -0.15) is 0 Å². The van der Waals surface area contributed by atoms with Crippen LogP contribution < -0.4 is 5.73 Å². The van der Waals surface area contributed by atoms with Gasteiger partial charge < -0.3 is 10.8 Å². The monoisotopic (exact) mass is 367 g/mol. The number of carbonyl (C=O) groups is 1. The smallest absolute Gasteiger partial charge is 0.335 e. The summed E-state index contributed by atoms with van der Waals surface area (Å²) < 4.78 is 17.3. The SMILES string of the molecule is NC1(c2ccc(-c3cn4c(n3)sc3cc(C(=O)O)ccc34)c(F)c2)CC1. The Morgan fingerprint density at radius 2 is 2.08 bits per heavy atom. The highest BCUT2D eigenvalue weighted by Gasteiger charge is 2.40. The summed E-state index contributed by atoms with van der Waals surface area (Å²) >= 11 is 1.38. The van der Waals surface area contributed by atoms with Gasteiger partial charge in [0.1, 0.15) is 5.82 Å². The van der Waals surface area contributed by atoms with Crippen molar-refractivity contribution in [1.29, 1.82) is 0 Å². The fraction of sp³-hybridized carbons (Fsp3) is 0.158. The summed E-state index contributed by atoms with van der Waals surface area (Å²) in [5, 5.41) is 9.11. The Bertz CT molecular complexity index is 1210. The standard InChI is InChI=1S/C19H14FN3O2S/c20-13-8-11(19(21)5-6-19)2-3-12(13)14-9-23-15-4-1-10(17(24)25)7-16(15)26-18(23)22-14/h1-4,7-9H,5-6,21H2,(H,24,25). The molecule has 0 saturated heterocycles. The van der Waals surface area contributed by atoms with Gasteiger partial charge in [-0.3, -0.25) is 4.40 Å². The van der Waals surface area contributed by atoms with Crippen LogP contribution in [0.25, 0.3) is 26.4 Å². The lowest BCUT2D eigenvalue weighted by molar-refractivity contribution is 0.0697. The first kappa shape index (κ1) is 15.5. The van der Waals surface area contributed by atoms with E-state index in [0.717, 1.165) is 28.6 Å². The van der Waals surface area contributed by atoms with Crippen LogP contribution in [0.1, 0.15) is 28.8 Å². The van der Waals surface area contributed by atoms with Crippen LogP contribution in [0, 0.1) is 5.82 Å². The number of aromatic carboxylic acids is 1. The van der Waals surface area contributed by atoms with Crippen molar-refractivity contribution in [1.82, 2.24) is 9.38 Å². The van der Waals surface area contributed by atoms with Gasteiger partial charge in [0.25, 0.3) is 0 Å². The molecule has 3 N–H and O–H groups in total. The van der Waals surface area contributed by atoms with Gasteiger partial charge >= 0.3 is 5.97 Å². The largest absolute Gasteiger partial charge is 0.478 e. The zero-order chi connectivity index (χ0) is 18.1. The molecule has 0 amide bonds. The Kier molecular flexibility index (Phi) is 3.05. The summed E-state index contributed by atoms with van der Waals surface area (Å²) in [6.45, 7) is 0. The van der Waals surface area contributed by atoms with E-state index in [-0.39, 0.29) is 16.9 Å². The highest BCUT2D eigenvalue weighted by atomic mass is 32.1. The Balaban J connectivity index is 1.60. The normalized spacial score (nSPS) is 15.6. The van der Waals surface area contributed by atoms with Crippen LogP contribution >= 0.6 is 11.3 Å². The molecule has 0 spiro atoms. The molecule has 5 nitrogen and oxygen atoms in total. The van der Waals surface area contributed by atoms with Crippen LogP contribution in [0.2, 0.25) is 0 Å². The van der Waals surface area contributed by atoms with Gasteiger partial charge in [-0.15, -0.1) is 0 Å². The van der Waals surface area contributed by atoms with Crippen LogP contribution in [0.4, 0.5) is 4.39 Å². The molecule has 1 saturated carbocycles. The highest BCUT2D eigenvalue weighted by Crippen LogP contribution is 2.43. The number of carboxylic acid groups (broad SMARTS) is 1. The molecule has 2 heterocycles. The maximum absolute atomic E-state index is 14.6. The van der Waals surface area contributed by atoms with Gasteiger partial charge in [-0.05, 0) is 48.7 Å². The Hall–Kier alpha value is -2.77. The molecule has 0 radical (unpaired) electrons. The molecule has 5 rings (SSSR count). The highest BCUT2D eigenvalue weighted by molar-refractivity contribution is 7.23. The average molecular weight is 367 g/mol. The number of thiazole rings is 1. The lowest BCUT2D eigenvalue weighted by atomic mass is 10.0. The van der Waals surface area contributed by atoms with Crippen LogP contribution in [-0.4, -0.2) is 20.5 Å². The molecule has 0 bridgehead atoms. The third kappa shape index (κ3) is 2.24. The van der Waals surface area contributed by atoms with Gasteiger partial charge in [0.05, 0.1) is 21.5 Å². The number of imidazole rings is 1. The Morgan fingerprint density at radius 3 is 2.77 bits per heavy atom. The predicted octanol–water partition coefficient (Wildman–Crippen LogP) is 4.00. The fourth-order valence-corrected chi connectivity index (χ4v) is 4.27. The van der Waals surface area contributed by atoms with E-state index in [1.54, 1.807) is 30.5 Å². The molecule has 2 aromatic carbocycles. The van der Waals surface area contributed by atoms with Crippen molar-refractivity contribution in [3.8, 4) is 11.3 Å². The van der Waals surface area contributed by atoms with Gasteiger partial charge in [0, 0.05) is 17.3 Å². The second-order valence-electron chi connectivity index (χ2n) is 6.72. The summed E-state index contributed by atoms with van der Waals surface area (Å²) in [5.41, 5.74) is 8.67. The van der Waals surface area contributed by atoms with E-state index < -0.39 is 5.97 Å². The van der Waals surface area contributed by atoms with Crippen molar-refractivity contribution in [3.05, 3.63) is 59.5 Å².